The third kappa shape index (κ3) is 3.53. The highest BCUT2D eigenvalue weighted by atomic mass is 35.5. The molecule has 0 aliphatic heterocycles. The molecule has 2 aromatic rings. The van der Waals surface area contributed by atoms with Crippen molar-refractivity contribution in [1.29, 1.82) is 0 Å². The number of hydrogen-bond acceptors (Lipinski definition) is 2. The fourth-order valence-electron chi connectivity index (χ4n) is 2.25. The summed E-state index contributed by atoms with van der Waals surface area (Å²) in [6, 6.07) is 14.6. The molecule has 1 atom stereocenters. The van der Waals surface area contributed by atoms with Crippen molar-refractivity contribution in [2.24, 2.45) is 0 Å². The molecule has 106 valence electrons. The van der Waals surface area contributed by atoms with Crippen LogP contribution in [0.4, 0.5) is 0 Å². The van der Waals surface area contributed by atoms with E-state index < -0.39 is 0 Å². The third-order valence-electron chi connectivity index (χ3n) is 3.52. The average molecular weight is 290 g/mol. The van der Waals surface area contributed by atoms with Gasteiger partial charge in [0, 0.05) is 11.1 Å². The van der Waals surface area contributed by atoms with Crippen molar-refractivity contribution in [2.45, 2.75) is 19.4 Å². The van der Waals surface area contributed by atoms with E-state index in [0.29, 0.717) is 0 Å². The van der Waals surface area contributed by atoms with E-state index in [1.54, 1.807) is 7.11 Å². The van der Waals surface area contributed by atoms with Crippen LogP contribution in [0.15, 0.2) is 42.5 Å². The molecule has 0 saturated heterocycles. The summed E-state index contributed by atoms with van der Waals surface area (Å²) in [4.78, 5) is 0. The predicted octanol–water partition coefficient (Wildman–Crippen LogP) is 4.16. The number of rotatable bonds is 5. The molecule has 0 amide bonds. The maximum Gasteiger partial charge on any atom is 0.119 e. The summed E-state index contributed by atoms with van der Waals surface area (Å²) in [5.74, 6) is 0.888. The highest BCUT2D eigenvalue weighted by Gasteiger charge is 2.11. The summed E-state index contributed by atoms with van der Waals surface area (Å²) in [6.07, 6.45) is 0.896. The van der Waals surface area contributed by atoms with E-state index >= 15 is 0 Å². The lowest BCUT2D eigenvalue weighted by atomic mass is 9.98. The minimum atomic E-state index is 0.236. The summed E-state index contributed by atoms with van der Waals surface area (Å²) < 4.78 is 5.27. The van der Waals surface area contributed by atoms with Crippen LogP contribution in [0.1, 0.15) is 22.7 Å². The van der Waals surface area contributed by atoms with Crippen LogP contribution in [-0.2, 0) is 6.42 Å². The Balaban J connectivity index is 2.21. The Morgan fingerprint density at radius 1 is 1.20 bits per heavy atom. The molecule has 0 heterocycles. The van der Waals surface area contributed by atoms with Crippen molar-refractivity contribution >= 4 is 11.6 Å². The molecule has 20 heavy (non-hydrogen) atoms. The van der Waals surface area contributed by atoms with Gasteiger partial charge in [0.1, 0.15) is 5.75 Å². The van der Waals surface area contributed by atoms with Crippen molar-refractivity contribution in [3.63, 3.8) is 0 Å². The zero-order chi connectivity index (χ0) is 14.5. The number of hydrogen-bond donors (Lipinski definition) is 1. The van der Waals surface area contributed by atoms with Gasteiger partial charge in [-0.2, -0.15) is 0 Å². The fraction of sp³-hybridized carbons (Fsp3) is 0.294. The van der Waals surface area contributed by atoms with Gasteiger partial charge < -0.3 is 10.1 Å². The van der Waals surface area contributed by atoms with E-state index in [1.165, 1.54) is 11.1 Å². The Morgan fingerprint density at radius 3 is 2.65 bits per heavy atom. The molecule has 0 radical (unpaired) electrons. The van der Waals surface area contributed by atoms with Crippen LogP contribution in [0.5, 0.6) is 5.75 Å². The number of ether oxygens (including phenoxy) is 1. The molecular weight excluding hydrogens is 270 g/mol. The minimum absolute atomic E-state index is 0.236. The Labute approximate surface area is 125 Å². The zero-order valence-electron chi connectivity index (χ0n) is 12.1. The Bertz CT molecular complexity index is 583. The number of benzene rings is 2. The normalized spacial score (nSPS) is 12.2. The molecule has 2 nitrogen and oxygen atoms in total. The third-order valence-corrected chi connectivity index (χ3v) is 3.93. The van der Waals surface area contributed by atoms with Crippen LogP contribution in [0.3, 0.4) is 0 Å². The number of nitrogens with one attached hydrogen (secondary N) is 1. The van der Waals surface area contributed by atoms with Crippen LogP contribution in [0.25, 0.3) is 0 Å². The molecule has 0 aliphatic carbocycles. The van der Waals surface area contributed by atoms with Crippen LogP contribution >= 0.6 is 11.6 Å². The van der Waals surface area contributed by atoms with E-state index in [-0.39, 0.29) is 6.04 Å². The standard InChI is InChI=1S/C17H20ClNO/c1-12-7-8-14(11-16(12)18)17(19-2)10-13-5-4-6-15(9-13)20-3/h4-9,11,17,19H,10H2,1-3H3. The van der Waals surface area contributed by atoms with E-state index in [1.807, 2.05) is 32.2 Å². The molecule has 0 spiro atoms. The van der Waals surface area contributed by atoms with Gasteiger partial charge in [0.05, 0.1) is 7.11 Å². The lowest BCUT2D eigenvalue weighted by molar-refractivity contribution is 0.414. The molecule has 1 N–H and O–H groups in total. The van der Waals surface area contributed by atoms with Crippen LogP contribution in [0, 0.1) is 6.92 Å². The van der Waals surface area contributed by atoms with Crippen molar-refractivity contribution in [2.75, 3.05) is 14.2 Å². The largest absolute Gasteiger partial charge is 0.497 e. The number of likely N-dealkylation sites (N-methyl/N-ethyl adjacent to an activating group) is 1. The molecule has 2 rings (SSSR count). The van der Waals surface area contributed by atoms with Crippen LogP contribution in [-0.4, -0.2) is 14.2 Å². The number of halogens is 1. The monoisotopic (exact) mass is 289 g/mol. The first-order valence-corrected chi connectivity index (χ1v) is 7.08. The molecule has 0 aromatic heterocycles. The molecule has 0 bridgehead atoms. The predicted molar refractivity (Wildman–Crippen MR) is 84.7 cm³/mol. The Kier molecular flexibility index (Phi) is 5.05. The summed E-state index contributed by atoms with van der Waals surface area (Å²) in [7, 11) is 3.66. The SMILES string of the molecule is CNC(Cc1cccc(OC)c1)c1ccc(C)c(Cl)c1. The van der Waals surface area contributed by atoms with Crippen molar-refractivity contribution < 1.29 is 4.74 Å². The summed E-state index contributed by atoms with van der Waals surface area (Å²) in [6.45, 7) is 2.02. The molecular formula is C17H20ClNO. The first kappa shape index (κ1) is 14.9. The first-order chi connectivity index (χ1) is 9.63. The Morgan fingerprint density at radius 2 is 2.00 bits per heavy atom. The van der Waals surface area contributed by atoms with Crippen molar-refractivity contribution in [3.8, 4) is 5.75 Å². The summed E-state index contributed by atoms with van der Waals surface area (Å²) in [5, 5.41) is 4.16. The maximum atomic E-state index is 6.22. The van der Waals surface area contributed by atoms with Gasteiger partial charge >= 0.3 is 0 Å². The summed E-state index contributed by atoms with van der Waals surface area (Å²) in [5.41, 5.74) is 3.54. The van der Waals surface area contributed by atoms with Crippen LogP contribution < -0.4 is 10.1 Å². The van der Waals surface area contributed by atoms with E-state index in [4.69, 9.17) is 16.3 Å². The van der Waals surface area contributed by atoms with Gasteiger partial charge in [0.15, 0.2) is 0 Å². The fourth-order valence-corrected chi connectivity index (χ4v) is 2.44. The van der Waals surface area contributed by atoms with Gasteiger partial charge in [-0.3, -0.25) is 0 Å². The van der Waals surface area contributed by atoms with Gasteiger partial charge in [0.25, 0.3) is 0 Å². The average Bonchev–Trinajstić information content (AvgIpc) is 2.48. The van der Waals surface area contributed by atoms with E-state index in [2.05, 4.69) is 29.6 Å². The molecule has 1 unspecified atom stereocenters. The van der Waals surface area contributed by atoms with Crippen molar-refractivity contribution in [3.05, 3.63) is 64.2 Å². The zero-order valence-corrected chi connectivity index (χ0v) is 12.9. The van der Waals surface area contributed by atoms with E-state index in [0.717, 1.165) is 22.8 Å². The van der Waals surface area contributed by atoms with Gasteiger partial charge in [-0.25, -0.2) is 0 Å². The number of aryl methyl sites for hydroxylation is 1. The Hall–Kier alpha value is -1.51. The minimum Gasteiger partial charge on any atom is -0.497 e. The second kappa shape index (κ2) is 6.78. The first-order valence-electron chi connectivity index (χ1n) is 6.70. The second-order valence-corrected chi connectivity index (χ2v) is 5.31. The van der Waals surface area contributed by atoms with Gasteiger partial charge in [-0.15, -0.1) is 0 Å². The summed E-state index contributed by atoms with van der Waals surface area (Å²) >= 11 is 6.22. The molecule has 3 heteroatoms. The lowest BCUT2D eigenvalue weighted by Crippen LogP contribution is -2.18. The highest BCUT2D eigenvalue weighted by molar-refractivity contribution is 6.31. The topological polar surface area (TPSA) is 21.3 Å². The second-order valence-electron chi connectivity index (χ2n) is 4.91. The van der Waals surface area contributed by atoms with Gasteiger partial charge in [-0.1, -0.05) is 35.9 Å². The number of methoxy groups -OCH3 is 1. The molecule has 0 saturated carbocycles. The lowest BCUT2D eigenvalue weighted by Gasteiger charge is -2.18. The van der Waals surface area contributed by atoms with Crippen LogP contribution in [0.2, 0.25) is 5.02 Å². The molecule has 2 aromatic carbocycles. The molecule has 0 fully saturated rings. The highest BCUT2D eigenvalue weighted by Crippen LogP contribution is 2.25. The van der Waals surface area contributed by atoms with Crippen molar-refractivity contribution in [1.82, 2.24) is 5.32 Å². The maximum absolute atomic E-state index is 6.22. The van der Waals surface area contributed by atoms with Gasteiger partial charge in [-0.05, 0) is 55.3 Å². The van der Waals surface area contributed by atoms with E-state index in [9.17, 15) is 0 Å². The smallest absolute Gasteiger partial charge is 0.119 e. The molecule has 0 aliphatic rings. The van der Waals surface area contributed by atoms with Gasteiger partial charge in [0.2, 0.25) is 0 Å². The quantitative estimate of drug-likeness (QED) is 0.892.